The van der Waals surface area contributed by atoms with Crippen LogP contribution in [0.15, 0.2) is 42.5 Å². The van der Waals surface area contributed by atoms with Crippen molar-refractivity contribution in [1.29, 1.82) is 0 Å². The topological polar surface area (TPSA) is 73.4 Å². The molecule has 0 radical (unpaired) electrons. The largest absolute Gasteiger partial charge is 0.497 e. The van der Waals surface area contributed by atoms with Gasteiger partial charge in [-0.15, -0.1) is 0 Å². The number of hydrogen-bond acceptors (Lipinski definition) is 8. The first-order chi connectivity index (χ1) is 16.6. The fraction of sp³-hybridized carbons (Fsp3) is 0.360. The van der Waals surface area contributed by atoms with Crippen LogP contribution in [0.2, 0.25) is 0 Å². The maximum atomic E-state index is 13.3. The fourth-order valence-corrected chi connectivity index (χ4v) is 4.74. The molecule has 1 aromatic heterocycles. The first kappa shape index (κ1) is 24.0. The summed E-state index contributed by atoms with van der Waals surface area (Å²) in [5, 5.41) is 0.665. The summed E-state index contributed by atoms with van der Waals surface area (Å²) in [5.41, 5.74) is 1.68. The van der Waals surface area contributed by atoms with Crippen LogP contribution in [0.4, 0.5) is 5.13 Å². The zero-order chi connectivity index (χ0) is 23.9. The van der Waals surface area contributed by atoms with Crippen molar-refractivity contribution in [3.8, 4) is 17.2 Å². The van der Waals surface area contributed by atoms with Crippen molar-refractivity contribution in [3.05, 3.63) is 48.0 Å². The van der Waals surface area contributed by atoms with Crippen molar-refractivity contribution in [2.75, 3.05) is 65.6 Å². The minimum absolute atomic E-state index is 0.130. The summed E-state index contributed by atoms with van der Waals surface area (Å²) >= 11 is 1.48. The molecule has 0 unspecified atom stereocenters. The third kappa shape index (κ3) is 5.67. The molecule has 1 fully saturated rings. The molecule has 0 bridgehead atoms. The molecule has 4 rings (SSSR count). The van der Waals surface area contributed by atoms with Crippen LogP contribution in [0.25, 0.3) is 16.3 Å². The third-order valence-corrected chi connectivity index (χ3v) is 6.69. The molecule has 34 heavy (non-hydrogen) atoms. The van der Waals surface area contributed by atoms with Crippen LogP contribution in [-0.4, -0.2) is 76.5 Å². The summed E-state index contributed by atoms with van der Waals surface area (Å²) < 4.78 is 22.4. The van der Waals surface area contributed by atoms with Gasteiger partial charge in [0.25, 0.3) is 5.91 Å². The average Bonchev–Trinajstić information content (AvgIpc) is 3.30. The van der Waals surface area contributed by atoms with Crippen molar-refractivity contribution < 1.29 is 23.7 Å². The molecular formula is C25H29N3O5S. The molecule has 1 amide bonds. The summed E-state index contributed by atoms with van der Waals surface area (Å²) in [6.07, 6.45) is 3.36. The van der Waals surface area contributed by atoms with Gasteiger partial charge >= 0.3 is 0 Å². The van der Waals surface area contributed by atoms with Gasteiger partial charge in [0.15, 0.2) is 16.6 Å². The number of methoxy groups -OCH3 is 3. The Bertz CT molecular complexity index is 1160. The van der Waals surface area contributed by atoms with E-state index >= 15 is 0 Å². The van der Waals surface area contributed by atoms with Crippen LogP contribution in [0.5, 0.6) is 17.2 Å². The van der Waals surface area contributed by atoms with Crippen LogP contribution in [0.1, 0.15) is 5.56 Å². The number of anilines is 1. The highest BCUT2D eigenvalue weighted by Crippen LogP contribution is 2.32. The Morgan fingerprint density at radius 3 is 2.62 bits per heavy atom. The van der Waals surface area contributed by atoms with Crippen LogP contribution in [-0.2, 0) is 9.53 Å². The second kappa shape index (κ2) is 11.3. The third-order valence-electron chi connectivity index (χ3n) is 5.65. The van der Waals surface area contributed by atoms with E-state index in [2.05, 4.69) is 4.90 Å². The van der Waals surface area contributed by atoms with Crippen molar-refractivity contribution >= 4 is 38.7 Å². The molecule has 0 saturated carbocycles. The van der Waals surface area contributed by atoms with Gasteiger partial charge in [-0.2, -0.15) is 0 Å². The first-order valence-electron chi connectivity index (χ1n) is 11.1. The maximum Gasteiger partial charge on any atom is 0.252 e. The summed E-state index contributed by atoms with van der Waals surface area (Å²) in [5.74, 6) is 1.89. The Balaban J connectivity index is 1.57. The molecule has 8 nitrogen and oxygen atoms in total. The lowest BCUT2D eigenvalue weighted by molar-refractivity contribution is -0.114. The van der Waals surface area contributed by atoms with Crippen molar-refractivity contribution in [3.63, 3.8) is 0 Å². The molecule has 1 aliphatic heterocycles. The molecule has 9 heteroatoms. The van der Waals surface area contributed by atoms with E-state index in [0.29, 0.717) is 36.4 Å². The zero-order valence-electron chi connectivity index (χ0n) is 19.7. The number of fused-ring (bicyclic) bond motifs is 1. The van der Waals surface area contributed by atoms with E-state index in [0.717, 1.165) is 41.2 Å². The Labute approximate surface area is 203 Å². The average molecular weight is 484 g/mol. The summed E-state index contributed by atoms with van der Waals surface area (Å²) in [6, 6.07) is 11.3. The van der Waals surface area contributed by atoms with E-state index < -0.39 is 0 Å². The summed E-state index contributed by atoms with van der Waals surface area (Å²) in [7, 11) is 4.82. The first-order valence-corrected chi connectivity index (χ1v) is 11.9. The standard InChI is InChI=1S/C25H29N3O5S/c1-30-19-6-7-20-23(17-19)34-25(26-20)28(11-10-27-12-14-33-15-13-27)24(29)9-5-18-4-8-21(31-2)22(16-18)32-3/h4-9,16-17H,10-15H2,1-3H3/b9-5+. The van der Waals surface area contributed by atoms with E-state index in [1.165, 1.54) is 11.3 Å². The quantitative estimate of drug-likeness (QED) is 0.430. The second-order valence-electron chi connectivity index (χ2n) is 7.72. The highest BCUT2D eigenvalue weighted by atomic mass is 32.1. The van der Waals surface area contributed by atoms with Crippen LogP contribution in [0, 0.1) is 0 Å². The molecule has 1 aliphatic rings. The molecule has 0 aliphatic carbocycles. The number of thiazole rings is 1. The highest BCUT2D eigenvalue weighted by molar-refractivity contribution is 7.22. The van der Waals surface area contributed by atoms with E-state index in [1.807, 2.05) is 36.4 Å². The molecule has 2 aromatic carbocycles. The van der Waals surface area contributed by atoms with E-state index in [-0.39, 0.29) is 5.91 Å². The molecular weight excluding hydrogens is 454 g/mol. The summed E-state index contributed by atoms with van der Waals surface area (Å²) in [4.78, 5) is 22.1. The van der Waals surface area contributed by atoms with Crippen molar-refractivity contribution in [2.45, 2.75) is 0 Å². The van der Waals surface area contributed by atoms with Gasteiger partial charge in [-0.3, -0.25) is 14.6 Å². The number of ether oxygens (including phenoxy) is 4. The predicted octanol–water partition coefficient (Wildman–Crippen LogP) is 3.70. The fourth-order valence-electron chi connectivity index (χ4n) is 3.72. The van der Waals surface area contributed by atoms with Gasteiger partial charge in [-0.25, -0.2) is 4.98 Å². The highest BCUT2D eigenvalue weighted by Gasteiger charge is 2.20. The monoisotopic (exact) mass is 483 g/mol. The SMILES string of the molecule is COc1ccc2nc(N(CCN3CCOCC3)C(=O)/C=C/c3ccc(OC)c(OC)c3)sc2c1. The number of hydrogen-bond donors (Lipinski definition) is 0. The van der Waals surface area contributed by atoms with Gasteiger partial charge in [0.2, 0.25) is 0 Å². The smallest absolute Gasteiger partial charge is 0.252 e. The number of amides is 1. The molecule has 180 valence electrons. The van der Waals surface area contributed by atoms with E-state index in [9.17, 15) is 4.79 Å². The van der Waals surface area contributed by atoms with Crippen molar-refractivity contribution in [1.82, 2.24) is 9.88 Å². The number of benzene rings is 2. The number of carbonyl (C=O) groups excluding carboxylic acids is 1. The number of rotatable bonds is 9. The number of morpholine rings is 1. The summed E-state index contributed by atoms with van der Waals surface area (Å²) in [6.45, 7) is 4.44. The molecule has 0 atom stereocenters. The van der Waals surface area contributed by atoms with E-state index in [4.69, 9.17) is 23.9 Å². The van der Waals surface area contributed by atoms with Gasteiger partial charge < -0.3 is 18.9 Å². The van der Waals surface area contributed by atoms with Gasteiger partial charge in [0.05, 0.1) is 44.8 Å². The minimum atomic E-state index is -0.130. The zero-order valence-corrected chi connectivity index (χ0v) is 20.5. The molecule has 3 aromatic rings. The Morgan fingerprint density at radius 2 is 1.88 bits per heavy atom. The predicted molar refractivity (Wildman–Crippen MR) is 134 cm³/mol. The van der Waals surface area contributed by atoms with Gasteiger partial charge in [0, 0.05) is 32.3 Å². The normalized spacial score (nSPS) is 14.4. The lowest BCUT2D eigenvalue weighted by Gasteiger charge is -2.28. The Hall–Kier alpha value is -3.14. The van der Waals surface area contributed by atoms with Crippen molar-refractivity contribution in [2.24, 2.45) is 0 Å². The molecule has 0 N–H and O–H groups in total. The van der Waals surface area contributed by atoms with E-state index in [1.54, 1.807) is 38.4 Å². The van der Waals surface area contributed by atoms with Crippen LogP contribution < -0.4 is 19.1 Å². The van der Waals surface area contributed by atoms with Crippen LogP contribution in [0.3, 0.4) is 0 Å². The molecule has 2 heterocycles. The van der Waals surface area contributed by atoms with Gasteiger partial charge in [-0.05, 0) is 42.0 Å². The number of aromatic nitrogens is 1. The van der Waals surface area contributed by atoms with Crippen LogP contribution >= 0.6 is 11.3 Å². The number of nitrogens with zero attached hydrogens (tertiary/aromatic N) is 3. The Kier molecular flexibility index (Phi) is 7.99. The lowest BCUT2D eigenvalue weighted by atomic mass is 10.2. The van der Waals surface area contributed by atoms with Gasteiger partial charge in [-0.1, -0.05) is 17.4 Å². The molecule has 0 spiro atoms. The van der Waals surface area contributed by atoms with Gasteiger partial charge in [0.1, 0.15) is 5.75 Å². The Morgan fingerprint density at radius 1 is 1.09 bits per heavy atom. The lowest BCUT2D eigenvalue weighted by Crippen LogP contribution is -2.42. The maximum absolute atomic E-state index is 13.3. The molecule has 1 saturated heterocycles. The number of carbonyl (C=O) groups is 1. The second-order valence-corrected chi connectivity index (χ2v) is 8.73. The minimum Gasteiger partial charge on any atom is -0.497 e.